The van der Waals surface area contributed by atoms with Gasteiger partial charge in [0.15, 0.2) is 13.2 Å². The molecule has 114 valence electrons. The molecule has 0 spiro atoms. The molecule has 0 saturated carbocycles. The molecule has 0 fully saturated rings. The summed E-state index contributed by atoms with van der Waals surface area (Å²) in [4.78, 5) is 34.0. The van der Waals surface area contributed by atoms with Gasteiger partial charge < -0.3 is 20.1 Å². The molecule has 1 atom stereocenters. The van der Waals surface area contributed by atoms with Crippen LogP contribution in [0.2, 0.25) is 0 Å². The monoisotopic (exact) mass is 294 g/mol. The number of nitrogens with one attached hydrogen (secondary N) is 2. The first-order valence-corrected chi connectivity index (χ1v) is 6.37. The van der Waals surface area contributed by atoms with Crippen molar-refractivity contribution in [2.75, 3.05) is 20.3 Å². The van der Waals surface area contributed by atoms with Gasteiger partial charge in [0.2, 0.25) is 0 Å². The number of benzene rings is 1. The molecule has 0 aromatic heterocycles. The third kappa shape index (κ3) is 6.42. The van der Waals surface area contributed by atoms with Crippen LogP contribution in [0.5, 0.6) is 5.75 Å². The van der Waals surface area contributed by atoms with Gasteiger partial charge in [0.05, 0.1) is 0 Å². The second-order valence-electron chi connectivity index (χ2n) is 4.17. The summed E-state index contributed by atoms with van der Waals surface area (Å²) < 4.78 is 9.95. The van der Waals surface area contributed by atoms with Crippen molar-refractivity contribution in [1.29, 1.82) is 0 Å². The molecule has 1 aromatic carbocycles. The molecule has 0 aliphatic heterocycles. The Labute approximate surface area is 122 Å². The van der Waals surface area contributed by atoms with Gasteiger partial charge in [-0.05, 0) is 19.1 Å². The van der Waals surface area contributed by atoms with Crippen LogP contribution in [0.1, 0.15) is 6.92 Å². The normalized spacial score (nSPS) is 11.1. The maximum absolute atomic E-state index is 11.6. The molecule has 2 N–H and O–H groups in total. The number of para-hydroxylation sites is 1. The van der Waals surface area contributed by atoms with E-state index in [1.807, 2.05) is 6.07 Å². The minimum atomic E-state index is -0.860. The fourth-order valence-electron chi connectivity index (χ4n) is 1.34. The average molecular weight is 294 g/mol. The molecule has 1 aromatic rings. The van der Waals surface area contributed by atoms with Gasteiger partial charge in [-0.25, -0.2) is 4.79 Å². The number of hydrogen-bond acceptors (Lipinski definition) is 5. The van der Waals surface area contributed by atoms with Crippen molar-refractivity contribution in [3.05, 3.63) is 30.3 Å². The van der Waals surface area contributed by atoms with Crippen LogP contribution in [0.3, 0.4) is 0 Å². The Hall–Kier alpha value is -2.57. The van der Waals surface area contributed by atoms with Gasteiger partial charge in [0, 0.05) is 7.05 Å². The van der Waals surface area contributed by atoms with Crippen LogP contribution in [0.15, 0.2) is 30.3 Å². The highest BCUT2D eigenvalue weighted by Gasteiger charge is 2.18. The molecule has 0 unspecified atom stereocenters. The van der Waals surface area contributed by atoms with E-state index < -0.39 is 23.8 Å². The first-order chi connectivity index (χ1) is 10.0. The number of rotatable bonds is 7. The highest BCUT2D eigenvalue weighted by Crippen LogP contribution is 2.07. The molecule has 0 bridgehead atoms. The third-order valence-electron chi connectivity index (χ3n) is 2.47. The molecule has 2 amide bonds. The molecule has 7 nitrogen and oxygen atoms in total. The van der Waals surface area contributed by atoms with Crippen molar-refractivity contribution in [2.24, 2.45) is 0 Å². The van der Waals surface area contributed by atoms with Crippen LogP contribution in [-0.4, -0.2) is 44.1 Å². The van der Waals surface area contributed by atoms with E-state index in [0.717, 1.165) is 0 Å². The molecule has 0 aliphatic rings. The topological polar surface area (TPSA) is 93.7 Å². The third-order valence-corrected chi connectivity index (χ3v) is 2.47. The lowest BCUT2D eigenvalue weighted by atomic mass is 10.3. The zero-order valence-corrected chi connectivity index (χ0v) is 11.9. The number of carbonyl (C=O) groups excluding carboxylic acids is 3. The second kappa shape index (κ2) is 8.57. The molecule has 7 heteroatoms. The van der Waals surface area contributed by atoms with Crippen molar-refractivity contribution in [3.8, 4) is 5.75 Å². The predicted molar refractivity (Wildman–Crippen MR) is 74.6 cm³/mol. The van der Waals surface area contributed by atoms with Gasteiger partial charge in [-0.3, -0.25) is 9.59 Å². The van der Waals surface area contributed by atoms with E-state index in [0.29, 0.717) is 5.75 Å². The summed E-state index contributed by atoms with van der Waals surface area (Å²) in [6, 6.07) is 7.97. The lowest BCUT2D eigenvalue weighted by Gasteiger charge is -2.13. The zero-order valence-electron chi connectivity index (χ0n) is 11.9. The molecular formula is C14H18N2O5. The average Bonchev–Trinajstić information content (AvgIpc) is 2.51. The molecular weight excluding hydrogens is 276 g/mol. The van der Waals surface area contributed by atoms with Crippen LogP contribution in [0.25, 0.3) is 0 Å². The Balaban J connectivity index is 2.29. The molecule has 1 rings (SSSR count). The van der Waals surface area contributed by atoms with E-state index >= 15 is 0 Å². The first kappa shape index (κ1) is 16.5. The summed E-state index contributed by atoms with van der Waals surface area (Å²) >= 11 is 0. The zero-order chi connectivity index (χ0) is 15.7. The highest BCUT2D eigenvalue weighted by molar-refractivity contribution is 5.86. The number of likely N-dealkylation sites (N-methyl/N-ethyl adjacent to an activating group) is 1. The van der Waals surface area contributed by atoms with Gasteiger partial charge in [-0.2, -0.15) is 0 Å². The minimum absolute atomic E-state index is 0.211. The summed E-state index contributed by atoms with van der Waals surface area (Å²) in [5, 5.41) is 4.74. The number of ether oxygens (including phenoxy) is 2. The Kier molecular flexibility index (Phi) is 6.73. The quantitative estimate of drug-likeness (QED) is 0.683. The van der Waals surface area contributed by atoms with Crippen LogP contribution < -0.4 is 15.4 Å². The number of carbonyl (C=O) groups is 3. The Morgan fingerprint density at radius 3 is 2.38 bits per heavy atom. The van der Waals surface area contributed by atoms with E-state index in [1.54, 1.807) is 24.3 Å². The Bertz CT molecular complexity index is 489. The van der Waals surface area contributed by atoms with E-state index in [-0.39, 0.29) is 13.2 Å². The predicted octanol–water partition coefficient (Wildman–Crippen LogP) is -0.141. The Morgan fingerprint density at radius 1 is 1.10 bits per heavy atom. The van der Waals surface area contributed by atoms with Crippen molar-refractivity contribution < 1.29 is 23.9 Å². The minimum Gasteiger partial charge on any atom is -0.484 e. The van der Waals surface area contributed by atoms with Crippen molar-refractivity contribution in [3.63, 3.8) is 0 Å². The van der Waals surface area contributed by atoms with E-state index in [2.05, 4.69) is 10.6 Å². The van der Waals surface area contributed by atoms with Gasteiger partial charge in [-0.1, -0.05) is 18.2 Å². The maximum atomic E-state index is 11.6. The fourth-order valence-corrected chi connectivity index (χ4v) is 1.34. The SMILES string of the molecule is CNC(=O)COC(=O)[C@H](C)NC(=O)COc1ccccc1. The Morgan fingerprint density at radius 2 is 1.76 bits per heavy atom. The van der Waals surface area contributed by atoms with E-state index in [4.69, 9.17) is 9.47 Å². The molecule has 0 aliphatic carbocycles. The summed E-state index contributed by atoms with van der Waals surface area (Å²) in [5.74, 6) is -1.01. The van der Waals surface area contributed by atoms with Crippen LogP contribution in [0, 0.1) is 0 Å². The molecule has 21 heavy (non-hydrogen) atoms. The lowest BCUT2D eigenvalue weighted by molar-refractivity contribution is -0.151. The van der Waals surface area contributed by atoms with Crippen molar-refractivity contribution in [2.45, 2.75) is 13.0 Å². The van der Waals surface area contributed by atoms with E-state index in [9.17, 15) is 14.4 Å². The van der Waals surface area contributed by atoms with Gasteiger partial charge in [0.1, 0.15) is 11.8 Å². The second-order valence-corrected chi connectivity index (χ2v) is 4.17. The molecule has 0 heterocycles. The summed E-state index contributed by atoms with van der Waals surface area (Å²) in [7, 11) is 1.43. The summed E-state index contributed by atoms with van der Waals surface area (Å²) in [6.07, 6.45) is 0. The maximum Gasteiger partial charge on any atom is 0.328 e. The van der Waals surface area contributed by atoms with Crippen molar-refractivity contribution >= 4 is 17.8 Å². The molecule has 0 radical (unpaired) electrons. The summed E-state index contributed by atoms with van der Waals surface area (Å²) in [6.45, 7) is 0.875. The highest BCUT2D eigenvalue weighted by atomic mass is 16.5. The molecule has 0 saturated heterocycles. The standard InChI is InChI=1S/C14H18N2O5/c1-10(14(19)21-8-12(17)15-2)16-13(18)9-20-11-6-4-3-5-7-11/h3-7,10H,8-9H2,1-2H3,(H,15,17)(H,16,18)/t10-/m0/s1. The van der Waals surface area contributed by atoms with Gasteiger partial charge >= 0.3 is 5.97 Å². The van der Waals surface area contributed by atoms with E-state index in [1.165, 1.54) is 14.0 Å². The van der Waals surface area contributed by atoms with Crippen molar-refractivity contribution in [1.82, 2.24) is 10.6 Å². The van der Waals surface area contributed by atoms with Crippen LogP contribution >= 0.6 is 0 Å². The largest absolute Gasteiger partial charge is 0.484 e. The van der Waals surface area contributed by atoms with Gasteiger partial charge in [0.25, 0.3) is 11.8 Å². The number of hydrogen-bond donors (Lipinski definition) is 2. The first-order valence-electron chi connectivity index (χ1n) is 6.37. The smallest absolute Gasteiger partial charge is 0.328 e. The van der Waals surface area contributed by atoms with Crippen LogP contribution in [0.4, 0.5) is 0 Å². The van der Waals surface area contributed by atoms with Crippen LogP contribution in [-0.2, 0) is 19.1 Å². The number of amides is 2. The number of esters is 1. The lowest BCUT2D eigenvalue weighted by Crippen LogP contribution is -2.42. The summed E-state index contributed by atoms with van der Waals surface area (Å²) in [5.41, 5.74) is 0. The fraction of sp³-hybridized carbons (Fsp3) is 0.357. The van der Waals surface area contributed by atoms with Gasteiger partial charge in [-0.15, -0.1) is 0 Å².